The predicted octanol–water partition coefficient (Wildman–Crippen LogP) is 6.27. The number of aliphatic imine (C=N–C) groups is 1. The van der Waals surface area contributed by atoms with Gasteiger partial charge in [-0.1, -0.05) is 23.7 Å². The van der Waals surface area contributed by atoms with Crippen molar-refractivity contribution in [1.82, 2.24) is 19.9 Å². The lowest BCUT2D eigenvalue weighted by atomic mass is 9.95. The summed E-state index contributed by atoms with van der Waals surface area (Å²) in [6.45, 7) is 0.106. The lowest BCUT2D eigenvalue weighted by Crippen LogP contribution is -2.17. The van der Waals surface area contributed by atoms with E-state index < -0.39 is 11.6 Å². The Kier molecular flexibility index (Phi) is 5.97. The number of fused-ring (bicyclic) bond motifs is 3. The summed E-state index contributed by atoms with van der Waals surface area (Å²) in [4.78, 5) is 24.5. The highest BCUT2D eigenvalue weighted by molar-refractivity contribution is 6.31. The first-order chi connectivity index (χ1) is 18.5. The van der Waals surface area contributed by atoms with Gasteiger partial charge in [0.15, 0.2) is 0 Å². The Balaban J connectivity index is 1.55. The molecule has 1 aliphatic rings. The first-order valence-corrected chi connectivity index (χ1v) is 11.9. The Morgan fingerprint density at radius 3 is 2.29 bits per heavy atom. The summed E-state index contributed by atoms with van der Waals surface area (Å²) in [7, 11) is 0. The predicted molar refractivity (Wildman–Crippen MR) is 143 cm³/mol. The Morgan fingerprint density at radius 2 is 1.55 bits per heavy atom. The SMILES string of the molecule is Nc1ccc(N(c2ncccn2)c2ncc3c(n2)-c2ccc(Cl)cc2C(c2c(F)cccc2F)=NC3)cc1. The summed E-state index contributed by atoms with van der Waals surface area (Å²) in [5, 5.41) is 0.395. The van der Waals surface area contributed by atoms with E-state index in [2.05, 4.69) is 19.9 Å². The summed E-state index contributed by atoms with van der Waals surface area (Å²) >= 11 is 6.33. The summed E-state index contributed by atoms with van der Waals surface area (Å²) in [6.07, 6.45) is 4.89. The maximum atomic E-state index is 14.9. The highest BCUT2D eigenvalue weighted by Crippen LogP contribution is 2.37. The number of benzene rings is 3. The van der Waals surface area contributed by atoms with Crippen molar-refractivity contribution in [2.75, 3.05) is 10.6 Å². The van der Waals surface area contributed by atoms with Gasteiger partial charge in [-0.05, 0) is 54.6 Å². The van der Waals surface area contributed by atoms with Crippen LogP contribution >= 0.6 is 11.6 Å². The molecule has 0 aliphatic carbocycles. The van der Waals surface area contributed by atoms with Crippen LogP contribution in [-0.4, -0.2) is 25.6 Å². The molecule has 0 amide bonds. The zero-order valence-corrected chi connectivity index (χ0v) is 20.4. The maximum absolute atomic E-state index is 14.9. The number of rotatable bonds is 4. The van der Waals surface area contributed by atoms with Gasteiger partial charge in [-0.25, -0.2) is 33.6 Å². The molecule has 0 saturated carbocycles. The van der Waals surface area contributed by atoms with Gasteiger partial charge in [0.05, 0.1) is 29.2 Å². The second kappa shape index (κ2) is 9.60. The summed E-state index contributed by atoms with van der Waals surface area (Å²) in [6, 6.07) is 17.7. The van der Waals surface area contributed by atoms with E-state index in [-0.39, 0.29) is 17.8 Å². The Morgan fingerprint density at radius 1 is 0.816 bits per heavy atom. The van der Waals surface area contributed by atoms with Crippen molar-refractivity contribution in [3.63, 3.8) is 0 Å². The van der Waals surface area contributed by atoms with Crippen LogP contribution in [-0.2, 0) is 6.54 Å². The Hall–Kier alpha value is -4.76. The molecule has 0 fully saturated rings. The quantitative estimate of drug-likeness (QED) is 0.278. The molecule has 6 rings (SSSR count). The molecule has 0 spiro atoms. The van der Waals surface area contributed by atoms with Gasteiger partial charge in [-0.15, -0.1) is 0 Å². The Bertz CT molecular complexity index is 1670. The largest absolute Gasteiger partial charge is 0.399 e. The van der Waals surface area contributed by atoms with Crippen molar-refractivity contribution in [2.24, 2.45) is 4.99 Å². The zero-order valence-electron chi connectivity index (χ0n) is 19.7. The molecule has 0 unspecified atom stereocenters. The average molecular weight is 526 g/mol. The van der Waals surface area contributed by atoms with E-state index in [1.54, 1.807) is 59.9 Å². The third-order valence-electron chi connectivity index (χ3n) is 6.05. The number of halogens is 3. The van der Waals surface area contributed by atoms with Crippen molar-refractivity contribution in [3.05, 3.63) is 119 Å². The van der Waals surface area contributed by atoms with Crippen LogP contribution in [0, 0.1) is 11.6 Å². The summed E-state index contributed by atoms with van der Waals surface area (Å²) < 4.78 is 29.7. The van der Waals surface area contributed by atoms with E-state index in [1.165, 1.54) is 18.2 Å². The van der Waals surface area contributed by atoms with Crippen LogP contribution in [0.4, 0.5) is 32.1 Å². The van der Waals surface area contributed by atoms with Gasteiger partial charge in [-0.2, -0.15) is 0 Å². The van der Waals surface area contributed by atoms with E-state index in [0.29, 0.717) is 50.7 Å². The average Bonchev–Trinajstić information content (AvgIpc) is 3.07. The number of nitrogens with zero attached hydrogens (tertiary/aromatic N) is 6. The normalized spacial score (nSPS) is 12.2. The minimum absolute atomic E-state index is 0.106. The molecule has 2 N–H and O–H groups in total. The fraction of sp³-hybridized carbons (Fsp3) is 0.0357. The fourth-order valence-corrected chi connectivity index (χ4v) is 4.48. The Labute approximate surface area is 221 Å². The minimum atomic E-state index is -0.719. The van der Waals surface area contributed by atoms with E-state index >= 15 is 0 Å². The molecule has 0 radical (unpaired) electrons. The molecule has 0 saturated heterocycles. The molecule has 10 heteroatoms. The van der Waals surface area contributed by atoms with Crippen LogP contribution in [0.2, 0.25) is 5.02 Å². The number of hydrogen-bond donors (Lipinski definition) is 1. The second-order valence-electron chi connectivity index (χ2n) is 8.47. The van der Waals surface area contributed by atoms with Gasteiger partial charge < -0.3 is 5.73 Å². The number of anilines is 4. The number of nitrogens with two attached hydrogens (primary N) is 1. The molecule has 186 valence electrons. The van der Waals surface area contributed by atoms with Gasteiger partial charge in [0.1, 0.15) is 11.6 Å². The second-order valence-corrected chi connectivity index (χ2v) is 8.91. The molecular weight excluding hydrogens is 508 g/mol. The molecule has 0 bridgehead atoms. The monoisotopic (exact) mass is 525 g/mol. The van der Waals surface area contributed by atoms with Crippen molar-refractivity contribution >= 4 is 40.6 Å². The highest BCUT2D eigenvalue weighted by atomic mass is 35.5. The van der Waals surface area contributed by atoms with Crippen LogP contribution in [0.25, 0.3) is 11.3 Å². The van der Waals surface area contributed by atoms with Crippen LogP contribution < -0.4 is 10.6 Å². The molecule has 1 aliphatic heterocycles. The van der Waals surface area contributed by atoms with Crippen molar-refractivity contribution in [1.29, 1.82) is 0 Å². The molecule has 38 heavy (non-hydrogen) atoms. The number of nitrogen functional groups attached to an aromatic ring is 1. The van der Waals surface area contributed by atoms with Gasteiger partial charge >= 0.3 is 0 Å². The van der Waals surface area contributed by atoms with Gasteiger partial charge in [0.2, 0.25) is 11.9 Å². The van der Waals surface area contributed by atoms with Gasteiger partial charge in [0.25, 0.3) is 0 Å². The highest BCUT2D eigenvalue weighted by Gasteiger charge is 2.27. The summed E-state index contributed by atoms with van der Waals surface area (Å²) in [5.41, 5.74) is 9.42. The summed E-state index contributed by atoms with van der Waals surface area (Å²) in [5.74, 6) is -0.792. The van der Waals surface area contributed by atoms with Crippen molar-refractivity contribution in [2.45, 2.75) is 6.54 Å². The third kappa shape index (κ3) is 4.22. The van der Waals surface area contributed by atoms with E-state index in [1.807, 2.05) is 12.1 Å². The van der Waals surface area contributed by atoms with Crippen LogP contribution in [0.5, 0.6) is 0 Å². The lowest BCUT2D eigenvalue weighted by molar-refractivity contribution is 0.579. The van der Waals surface area contributed by atoms with E-state index in [0.717, 1.165) is 0 Å². The first kappa shape index (κ1) is 23.6. The molecule has 5 aromatic rings. The van der Waals surface area contributed by atoms with Crippen molar-refractivity contribution in [3.8, 4) is 11.3 Å². The third-order valence-corrected chi connectivity index (χ3v) is 6.29. The van der Waals surface area contributed by atoms with E-state index in [4.69, 9.17) is 22.3 Å². The van der Waals surface area contributed by atoms with Crippen LogP contribution in [0.1, 0.15) is 16.7 Å². The maximum Gasteiger partial charge on any atom is 0.237 e. The van der Waals surface area contributed by atoms with Crippen LogP contribution in [0.3, 0.4) is 0 Å². The smallest absolute Gasteiger partial charge is 0.237 e. The molecule has 2 aromatic heterocycles. The van der Waals surface area contributed by atoms with E-state index in [9.17, 15) is 8.78 Å². The minimum Gasteiger partial charge on any atom is -0.399 e. The van der Waals surface area contributed by atoms with Gasteiger partial charge in [-0.3, -0.25) is 4.99 Å². The van der Waals surface area contributed by atoms with Crippen molar-refractivity contribution < 1.29 is 8.78 Å². The molecule has 3 aromatic carbocycles. The molecule has 0 atom stereocenters. The van der Waals surface area contributed by atoms with Crippen LogP contribution in [0.15, 0.2) is 90.3 Å². The number of hydrogen-bond acceptors (Lipinski definition) is 7. The zero-order chi connectivity index (χ0) is 26.2. The first-order valence-electron chi connectivity index (χ1n) is 11.6. The number of aromatic nitrogens is 4. The topological polar surface area (TPSA) is 93.2 Å². The standard InChI is InChI=1S/C28H18ClF2N7/c29-17-5-10-20-21(13-17)26(24-22(30)3-1-4-23(24)31)35-14-16-15-36-28(37-25(16)20)38(27-33-11-2-12-34-27)19-8-6-18(32)7-9-19/h1-13,15H,14,32H2. The molecular formula is C28H18ClF2N7. The lowest BCUT2D eigenvalue weighted by Gasteiger charge is -2.22. The molecule has 3 heterocycles. The fourth-order valence-electron chi connectivity index (χ4n) is 4.31. The molecule has 7 nitrogen and oxygen atoms in total. The van der Waals surface area contributed by atoms with Gasteiger partial charge in [0, 0.05) is 46.0 Å².